The van der Waals surface area contributed by atoms with E-state index in [0.717, 1.165) is 12.1 Å². The summed E-state index contributed by atoms with van der Waals surface area (Å²) in [6.07, 6.45) is -4.28. The van der Waals surface area contributed by atoms with E-state index in [4.69, 9.17) is 0 Å². The Bertz CT molecular complexity index is 597. The number of nitrogens with one attached hydrogen (secondary N) is 1. The summed E-state index contributed by atoms with van der Waals surface area (Å²) < 4.78 is 40.0. The standard InChI is InChI=1S/C16H20F3N3O3/c1-2-15(24)22-9-7-21(8-10-22)11-14(23)20-12-3-5-13(6-4-12)25-16(17,18)19/h3-6H,2,7-11H2,1H3,(H,20,23). The van der Waals surface area contributed by atoms with Crippen LogP contribution < -0.4 is 10.1 Å². The molecule has 1 aliphatic heterocycles. The van der Waals surface area contributed by atoms with E-state index in [0.29, 0.717) is 38.3 Å². The van der Waals surface area contributed by atoms with Gasteiger partial charge in [0.05, 0.1) is 6.54 Å². The summed E-state index contributed by atoms with van der Waals surface area (Å²) in [7, 11) is 0. The number of ether oxygens (including phenoxy) is 1. The maximum absolute atomic E-state index is 12.1. The van der Waals surface area contributed by atoms with Gasteiger partial charge in [-0.25, -0.2) is 0 Å². The Morgan fingerprint density at radius 3 is 2.24 bits per heavy atom. The molecule has 1 aromatic rings. The largest absolute Gasteiger partial charge is 0.573 e. The zero-order valence-corrected chi connectivity index (χ0v) is 13.8. The number of nitrogens with zero attached hydrogens (tertiary/aromatic N) is 2. The molecule has 1 saturated heterocycles. The SMILES string of the molecule is CCC(=O)N1CCN(CC(=O)Nc2ccc(OC(F)(F)F)cc2)CC1. The van der Waals surface area contributed by atoms with Crippen LogP contribution in [0.2, 0.25) is 0 Å². The molecule has 25 heavy (non-hydrogen) atoms. The second-order valence-electron chi connectivity index (χ2n) is 5.63. The van der Waals surface area contributed by atoms with Crippen LogP contribution in [0.5, 0.6) is 5.75 Å². The first-order valence-corrected chi connectivity index (χ1v) is 7.92. The molecular weight excluding hydrogens is 339 g/mol. The molecule has 6 nitrogen and oxygen atoms in total. The monoisotopic (exact) mass is 359 g/mol. The first kappa shape index (κ1) is 19.0. The van der Waals surface area contributed by atoms with E-state index in [9.17, 15) is 22.8 Å². The van der Waals surface area contributed by atoms with Gasteiger partial charge in [0, 0.05) is 38.3 Å². The van der Waals surface area contributed by atoms with Gasteiger partial charge in [0.25, 0.3) is 0 Å². The van der Waals surface area contributed by atoms with Crippen molar-refractivity contribution in [1.29, 1.82) is 0 Å². The molecule has 1 N–H and O–H groups in total. The molecule has 9 heteroatoms. The lowest BCUT2D eigenvalue weighted by molar-refractivity contribution is -0.274. The molecule has 0 spiro atoms. The second kappa shape index (κ2) is 8.19. The van der Waals surface area contributed by atoms with Gasteiger partial charge in [-0.1, -0.05) is 6.92 Å². The van der Waals surface area contributed by atoms with Gasteiger partial charge in [0.2, 0.25) is 11.8 Å². The average molecular weight is 359 g/mol. The van der Waals surface area contributed by atoms with Crippen LogP contribution in [0.4, 0.5) is 18.9 Å². The molecule has 0 atom stereocenters. The maximum atomic E-state index is 12.1. The van der Waals surface area contributed by atoms with Crippen LogP contribution >= 0.6 is 0 Å². The molecule has 0 aromatic heterocycles. The first-order valence-electron chi connectivity index (χ1n) is 7.92. The summed E-state index contributed by atoms with van der Waals surface area (Å²) in [4.78, 5) is 27.3. The van der Waals surface area contributed by atoms with E-state index in [-0.39, 0.29) is 24.1 Å². The number of halogens is 3. The fraction of sp³-hybridized carbons (Fsp3) is 0.500. The van der Waals surface area contributed by atoms with Gasteiger partial charge in [0.1, 0.15) is 5.75 Å². The molecule has 0 bridgehead atoms. The summed E-state index contributed by atoms with van der Waals surface area (Å²) >= 11 is 0. The highest BCUT2D eigenvalue weighted by Gasteiger charge is 2.31. The van der Waals surface area contributed by atoms with E-state index in [1.165, 1.54) is 12.1 Å². The van der Waals surface area contributed by atoms with E-state index in [2.05, 4.69) is 10.1 Å². The van der Waals surface area contributed by atoms with Crippen molar-refractivity contribution >= 4 is 17.5 Å². The number of rotatable bonds is 5. The van der Waals surface area contributed by atoms with E-state index >= 15 is 0 Å². The van der Waals surface area contributed by atoms with Gasteiger partial charge in [-0.05, 0) is 24.3 Å². The van der Waals surface area contributed by atoms with Gasteiger partial charge < -0.3 is 15.0 Å². The average Bonchev–Trinajstić information content (AvgIpc) is 2.55. The van der Waals surface area contributed by atoms with Crippen molar-refractivity contribution in [2.75, 3.05) is 38.0 Å². The Kier molecular flexibility index (Phi) is 6.24. The molecule has 1 heterocycles. The highest BCUT2D eigenvalue weighted by molar-refractivity contribution is 5.92. The number of anilines is 1. The number of hydrogen-bond donors (Lipinski definition) is 1. The number of piperazine rings is 1. The minimum atomic E-state index is -4.74. The lowest BCUT2D eigenvalue weighted by Gasteiger charge is -2.34. The third-order valence-corrected chi connectivity index (χ3v) is 3.77. The molecule has 2 amide bonds. The normalized spacial score (nSPS) is 15.8. The number of alkyl halides is 3. The maximum Gasteiger partial charge on any atom is 0.573 e. The van der Waals surface area contributed by atoms with E-state index < -0.39 is 6.36 Å². The predicted molar refractivity (Wildman–Crippen MR) is 85.1 cm³/mol. The van der Waals surface area contributed by atoms with E-state index in [1.54, 1.807) is 4.90 Å². The fourth-order valence-corrected chi connectivity index (χ4v) is 2.52. The van der Waals surface area contributed by atoms with Crippen LogP contribution in [0.25, 0.3) is 0 Å². The number of carbonyl (C=O) groups is 2. The topological polar surface area (TPSA) is 61.9 Å². The van der Waals surface area contributed by atoms with Gasteiger partial charge >= 0.3 is 6.36 Å². The Morgan fingerprint density at radius 2 is 1.72 bits per heavy atom. The molecule has 0 aliphatic carbocycles. The van der Waals surface area contributed by atoms with Gasteiger partial charge in [-0.2, -0.15) is 0 Å². The Hall–Kier alpha value is -2.29. The zero-order valence-electron chi connectivity index (χ0n) is 13.8. The van der Waals surface area contributed by atoms with Crippen LogP contribution in [0.1, 0.15) is 13.3 Å². The molecule has 138 valence electrons. The highest BCUT2D eigenvalue weighted by atomic mass is 19.4. The van der Waals surface area contributed by atoms with Crippen LogP contribution in [0.15, 0.2) is 24.3 Å². The minimum absolute atomic E-state index is 0.102. The number of carbonyl (C=O) groups excluding carboxylic acids is 2. The number of hydrogen-bond acceptors (Lipinski definition) is 4. The third-order valence-electron chi connectivity index (χ3n) is 3.77. The van der Waals surface area contributed by atoms with Crippen LogP contribution in [0.3, 0.4) is 0 Å². The smallest absolute Gasteiger partial charge is 0.406 e. The van der Waals surface area contributed by atoms with Crippen molar-refractivity contribution in [2.24, 2.45) is 0 Å². The summed E-state index contributed by atoms with van der Waals surface area (Å²) in [5.41, 5.74) is 0.388. The highest BCUT2D eigenvalue weighted by Crippen LogP contribution is 2.23. The summed E-state index contributed by atoms with van der Waals surface area (Å²) in [5.74, 6) is -0.507. The summed E-state index contributed by atoms with van der Waals surface area (Å²) in [6.45, 7) is 4.37. The first-order chi connectivity index (χ1) is 11.8. The lowest BCUT2D eigenvalue weighted by atomic mass is 10.2. The van der Waals surface area contributed by atoms with Crippen molar-refractivity contribution in [2.45, 2.75) is 19.7 Å². The molecule has 2 rings (SSSR count). The van der Waals surface area contributed by atoms with Crippen molar-refractivity contribution < 1.29 is 27.5 Å². The van der Waals surface area contributed by atoms with E-state index in [1.807, 2.05) is 11.8 Å². The van der Waals surface area contributed by atoms with Gasteiger partial charge in [-0.3, -0.25) is 14.5 Å². The summed E-state index contributed by atoms with van der Waals surface area (Å²) in [5, 5.41) is 2.63. The van der Waals surface area contributed by atoms with Crippen molar-refractivity contribution in [3.05, 3.63) is 24.3 Å². The second-order valence-corrected chi connectivity index (χ2v) is 5.63. The Labute approximate surface area is 143 Å². The Morgan fingerprint density at radius 1 is 1.12 bits per heavy atom. The number of benzene rings is 1. The molecule has 1 aromatic carbocycles. The quantitative estimate of drug-likeness (QED) is 0.874. The van der Waals surface area contributed by atoms with Crippen molar-refractivity contribution in [3.8, 4) is 5.75 Å². The molecular formula is C16H20F3N3O3. The van der Waals surface area contributed by atoms with Gasteiger partial charge in [0.15, 0.2) is 0 Å². The van der Waals surface area contributed by atoms with Crippen molar-refractivity contribution in [1.82, 2.24) is 9.80 Å². The minimum Gasteiger partial charge on any atom is -0.406 e. The Balaban J connectivity index is 1.78. The lowest BCUT2D eigenvalue weighted by Crippen LogP contribution is -2.50. The molecule has 1 fully saturated rings. The molecule has 0 saturated carbocycles. The molecule has 1 aliphatic rings. The molecule has 0 unspecified atom stereocenters. The van der Waals surface area contributed by atoms with Crippen LogP contribution in [0, 0.1) is 0 Å². The van der Waals surface area contributed by atoms with Crippen molar-refractivity contribution in [3.63, 3.8) is 0 Å². The predicted octanol–water partition coefficient (Wildman–Crippen LogP) is 2.08. The molecule has 0 radical (unpaired) electrons. The fourth-order valence-electron chi connectivity index (χ4n) is 2.52. The van der Waals surface area contributed by atoms with Gasteiger partial charge in [-0.15, -0.1) is 13.2 Å². The van der Waals surface area contributed by atoms with Crippen LogP contribution in [-0.2, 0) is 9.59 Å². The number of amides is 2. The summed E-state index contributed by atoms with van der Waals surface area (Å²) in [6, 6.07) is 4.96. The van der Waals surface area contributed by atoms with Crippen LogP contribution in [-0.4, -0.2) is 60.7 Å². The third kappa shape index (κ3) is 6.26. The zero-order chi connectivity index (χ0) is 18.4.